The average molecular weight is 482 g/mol. The van der Waals surface area contributed by atoms with Crippen molar-refractivity contribution in [1.29, 1.82) is 0 Å². The Kier molecular flexibility index (Phi) is 8.50. The molecule has 2 N–H and O–H groups in total. The minimum Gasteiger partial charge on any atom is -0.391 e. The number of carbonyl (C=O) groups is 2. The number of amides is 2. The second-order valence-corrected chi connectivity index (χ2v) is 10.00. The van der Waals surface area contributed by atoms with Gasteiger partial charge in [-0.2, -0.15) is 0 Å². The summed E-state index contributed by atoms with van der Waals surface area (Å²) in [7, 11) is 0. The third-order valence-corrected chi connectivity index (χ3v) is 6.86. The van der Waals surface area contributed by atoms with Crippen LogP contribution in [0.15, 0.2) is 24.3 Å². The van der Waals surface area contributed by atoms with E-state index in [0.717, 1.165) is 13.0 Å². The van der Waals surface area contributed by atoms with Crippen LogP contribution in [0.25, 0.3) is 6.08 Å². The Hall–Kier alpha value is -2.00. The Morgan fingerprint density at radius 1 is 1.27 bits per heavy atom. The highest BCUT2D eigenvalue weighted by Crippen LogP contribution is 2.30. The first-order valence-corrected chi connectivity index (χ1v) is 11.7. The lowest BCUT2D eigenvalue weighted by atomic mass is 9.80. The van der Waals surface area contributed by atoms with E-state index in [2.05, 4.69) is 0 Å². The smallest absolute Gasteiger partial charge is 0.246 e. The van der Waals surface area contributed by atoms with E-state index >= 15 is 0 Å². The topological polar surface area (TPSA) is 84.3 Å². The van der Waals surface area contributed by atoms with Gasteiger partial charge < -0.3 is 20.0 Å². The third kappa shape index (κ3) is 6.99. The summed E-state index contributed by atoms with van der Waals surface area (Å²) >= 11 is 5.77. The van der Waals surface area contributed by atoms with Crippen LogP contribution in [0.2, 0.25) is 5.02 Å². The number of hydrogen-bond acceptors (Lipinski definition) is 5. The van der Waals surface area contributed by atoms with E-state index < -0.39 is 18.0 Å². The van der Waals surface area contributed by atoms with E-state index in [-0.39, 0.29) is 35.2 Å². The molecule has 9 heteroatoms. The maximum Gasteiger partial charge on any atom is 0.246 e. The van der Waals surface area contributed by atoms with Crippen LogP contribution in [0, 0.1) is 11.2 Å². The molecular weight excluding hydrogens is 449 g/mol. The minimum absolute atomic E-state index is 0.0121. The molecule has 2 aliphatic heterocycles. The highest BCUT2D eigenvalue weighted by atomic mass is 35.5. The van der Waals surface area contributed by atoms with Crippen molar-refractivity contribution < 1.29 is 24.2 Å². The van der Waals surface area contributed by atoms with E-state index in [0.29, 0.717) is 38.3 Å². The summed E-state index contributed by atoms with van der Waals surface area (Å²) in [6.45, 7) is 6.97. The van der Waals surface area contributed by atoms with Gasteiger partial charge in [-0.05, 0) is 42.2 Å². The van der Waals surface area contributed by atoms with Crippen LogP contribution in [-0.2, 0) is 9.59 Å². The van der Waals surface area contributed by atoms with Gasteiger partial charge in [0.2, 0.25) is 11.8 Å². The zero-order valence-corrected chi connectivity index (χ0v) is 20.0. The molecule has 1 aromatic rings. The number of likely N-dealkylation sites (tertiary alicyclic amines) is 1. The SMILES string of the molecule is CC1(C)CCN(C[C@@H](O)CN2CCN(C(=O)/C=C/c3ccc(F)c(Cl)c3)CCC2=O)CC1O. The van der Waals surface area contributed by atoms with E-state index in [1.54, 1.807) is 15.9 Å². The molecule has 182 valence electrons. The van der Waals surface area contributed by atoms with Crippen LogP contribution in [0.1, 0.15) is 32.3 Å². The summed E-state index contributed by atoms with van der Waals surface area (Å²) < 4.78 is 13.3. The van der Waals surface area contributed by atoms with Gasteiger partial charge >= 0.3 is 0 Å². The lowest BCUT2D eigenvalue weighted by molar-refractivity contribution is -0.132. The van der Waals surface area contributed by atoms with Crippen molar-refractivity contribution in [2.45, 2.75) is 38.9 Å². The van der Waals surface area contributed by atoms with Crippen LogP contribution in [0.5, 0.6) is 0 Å². The summed E-state index contributed by atoms with van der Waals surface area (Å²) in [6, 6.07) is 4.21. The monoisotopic (exact) mass is 481 g/mol. The van der Waals surface area contributed by atoms with Gasteiger partial charge in [-0.25, -0.2) is 4.39 Å². The van der Waals surface area contributed by atoms with Crippen molar-refractivity contribution in [3.63, 3.8) is 0 Å². The lowest BCUT2D eigenvalue weighted by Gasteiger charge is -2.42. The van der Waals surface area contributed by atoms with Crippen molar-refractivity contribution >= 4 is 29.5 Å². The molecule has 2 fully saturated rings. The summed E-state index contributed by atoms with van der Waals surface area (Å²) in [6.07, 6.45) is 2.81. The van der Waals surface area contributed by atoms with Crippen molar-refractivity contribution in [3.8, 4) is 0 Å². The quantitative estimate of drug-likeness (QED) is 0.607. The van der Waals surface area contributed by atoms with E-state index in [1.165, 1.54) is 24.3 Å². The van der Waals surface area contributed by atoms with E-state index in [4.69, 9.17) is 11.6 Å². The van der Waals surface area contributed by atoms with Gasteiger partial charge in [-0.3, -0.25) is 14.5 Å². The zero-order chi connectivity index (χ0) is 24.2. The molecule has 0 aromatic heterocycles. The second-order valence-electron chi connectivity index (χ2n) is 9.59. The number of hydrogen-bond donors (Lipinski definition) is 2. The molecule has 2 amide bonds. The Morgan fingerprint density at radius 2 is 2.03 bits per heavy atom. The van der Waals surface area contributed by atoms with E-state index in [9.17, 15) is 24.2 Å². The van der Waals surface area contributed by atoms with Crippen molar-refractivity contribution in [1.82, 2.24) is 14.7 Å². The number of aliphatic hydroxyl groups excluding tert-OH is 2. The Bertz CT molecular complexity index is 894. The van der Waals surface area contributed by atoms with Crippen molar-refractivity contribution in [3.05, 3.63) is 40.7 Å². The summed E-state index contributed by atoms with van der Waals surface area (Å²) in [5, 5.41) is 20.8. The third-order valence-electron chi connectivity index (χ3n) is 6.57. The first kappa shape index (κ1) is 25.6. The number of aliphatic hydroxyl groups is 2. The number of halogens is 2. The first-order chi connectivity index (χ1) is 15.5. The fourth-order valence-electron chi connectivity index (χ4n) is 4.14. The van der Waals surface area contributed by atoms with Gasteiger partial charge in [0.25, 0.3) is 0 Å². The molecule has 2 atom stereocenters. The van der Waals surface area contributed by atoms with Crippen LogP contribution in [-0.4, -0.2) is 94.7 Å². The molecule has 2 heterocycles. The average Bonchev–Trinajstić information content (AvgIpc) is 2.93. The van der Waals surface area contributed by atoms with Gasteiger partial charge in [0.15, 0.2) is 0 Å². The predicted octanol–water partition coefficient (Wildman–Crippen LogP) is 2.01. The van der Waals surface area contributed by atoms with Crippen molar-refractivity contribution in [2.24, 2.45) is 5.41 Å². The standard InChI is InChI=1S/C24H33ClFN3O4/c1-24(2)8-10-27(16-21(24)31)14-18(30)15-29-12-11-28(9-7-23(29)33)22(32)6-4-17-3-5-20(26)19(25)13-17/h3-6,13,18,21,30-31H,7-12,14-16H2,1-2H3/b6-4+/t18-,21?/m1/s1. The molecule has 33 heavy (non-hydrogen) atoms. The fraction of sp³-hybridized carbons (Fsp3) is 0.583. The molecule has 3 rings (SSSR count). The molecule has 0 radical (unpaired) electrons. The van der Waals surface area contributed by atoms with Gasteiger partial charge in [-0.1, -0.05) is 31.5 Å². The van der Waals surface area contributed by atoms with Crippen molar-refractivity contribution in [2.75, 3.05) is 45.8 Å². The highest BCUT2D eigenvalue weighted by molar-refractivity contribution is 6.30. The lowest BCUT2D eigenvalue weighted by Crippen LogP contribution is -2.51. The molecule has 0 spiro atoms. The number of rotatable bonds is 6. The van der Waals surface area contributed by atoms with Gasteiger partial charge in [0, 0.05) is 51.8 Å². The largest absolute Gasteiger partial charge is 0.391 e. The van der Waals surface area contributed by atoms with E-state index in [1.807, 2.05) is 18.7 Å². The summed E-state index contributed by atoms with van der Waals surface area (Å²) in [4.78, 5) is 30.4. The maximum atomic E-state index is 13.3. The molecular formula is C24H33ClFN3O4. The van der Waals surface area contributed by atoms with Gasteiger partial charge in [-0.15, -0.1) is 0 Å². The molecule has 1 unspecified atom stereocenters. The zero-order valence-electron chi connectivity index (χ0n) is 19.2. The molecule has 0 saturated carbocycles. The van der Waals surface area contributed by atoms with Gasteiger partial charge in [0.1, 0.15) is 5.82 Å². The van der Waals surface area contributed by atoms with Crippen LogP contribution in [0.3, 0.4) is 0 Å². The second kappa shape index (κ2) is 11.0. The molecule has 7 nitrogen and oxygen atoms in total. The molecule has 1 aromatic carbocycles. The first-order valence-electron chi connectivity index (χ1n) is 11.3. The Balaban J connectivity index is 1.50. The molecule has 0 bridgehead atoms. The predicted molar refractivity (Wildman–Crippen MR) is 125 cm³/mol. The number of benzene rings is 1. The number of β-amino-alcohol motifs (C(OH)–C–C–N with tert-alkyl or cyclic N) is 2. The number of nitrogens with zero attached hydrogens (tertiary/aromatic N) is 3. The fourth-order valence-corrected chi connectivity index (χ4v) is 4.33. The Labute approximate surface area is 199 Å². The Morgan fingerprint density at radius 3 is 2.73 bits per heavy atom. The summed E-state index contributed by atoms with van der Waals surface area (Å²) in [5.74, 6) is -0.859. The molecule has 2 aliphatic rings. The number of piperidine rings is 1. The summed E-state index contributed by atoms with van der Waals surface area (Å²) in [5.41, 5.74) is 0.479. The normalized spacial score (nSPS) is 23.1. The number of carbonyl (C=O) groups excluding carboxylic acids is 2. The van der Waals surface area contributed by atoms with Crippen LogP contribution < -0.4 is 0 Å². The van der Waals surface area contributed by atoms with Gasteiger partial charge in [0.05, 0.1) is 17.2 Å². The van der Waals surface area contributed by atoms with Crippen LogP contribution in [0.4, 0.5) is 4.39 Å². The molecule has 2 saturated heterocycles. The molecule has 0 aliphatic carbocycles. The minimum atomic E-state index is -0.729. The maximum absolute atomic E-state index is 13.3. The highest BCUT2D eigenvalue weighted by Gasteiger charge is 2.35. The van der Waals surface area contributed by atoms with Crippen LogP contribution >= 0.6 is 11.6 Å².